The van der Waals surface area contributed by atoms with Crippen molar-refractivity contribution >= 4 is 5.91 Å². The number of carbonyl (C=O) groups excluding carboxylic acids is 1. The molecule has 1 N–H and O–H groups in total. The molecule has 6 nitrogen and oxygen atoms in total. The highest BCUT2D eigenvalue weighted by molar-refractivity contribution is 5.75. The number of terminal acetylenes is 1. The summed E-state index contributed by atoms with van der Waals surface area (Å²) < 4.78 is 5.48. The first-order valence-corrected chi connectivity index (χ1v) is 7.41. The van der Waals surface area contributed by atoms with Crippen LogP contribution < -0.4 is 10.1 Å². The molecule has 1 aromatic rings. The van der Waals surface area contributed by atoms with Gasteiger partial charge < -0.3 is 10.1 Å². The average molecular weight is 300 g/mol. The van der Waals surface area contributed by atoms with Crippen LogP contribution in [0.1, 0.15) is 32.1 Å². The van der Waals surface area contributed by atoms with Crippen molar-refractivity contribution in [2.75, 3.05) is 13.2 Å². The number of aromatic nitrogens is 1. The van der Waals surface area contributed by atoms with Gasteiger partial charge in [-0.1, -0.05) is 0 Å². The molecular weight excluding hydrogens is 280 g/mol. The number of pyridine rings is 1. The van der Waals surface area contributed by atoms with Gasteiger partial charge in [-0.15, -0.1) is 12.3 Å². The van der Waals surface area contributed by atoms with Gasteiger partial charge >= 0.3 is 0 Å². The first kappa shape index (κ1) is 16.0. The lowest BCUT2D eigenvalue weighted by molar-refractivity contribution is -0.121. The van der Waals surface area contributed by atoms with Crippen LogP contribution in [0.4, 0.5) is 0 Å². The van der Waals surface area contributed by atoms with E-state index in [1.165, 1.54) is 0 Å². The topological polar surface area (TPSA) is 75.9 Å². The van der Waals surface area contributed by atoms with E-state index < -0.39 is 0 Å². The van der Waals surface area contributed by atoms with Gasteiger partial charge in [0.15, 0.2) is 5.66 Å². The fourth-order valence-electron chi connectivity index (χ4n) is 2.01. The second-order valence-electron chi connectivity index (χ2n) is 5.13. The zero-order valence-corrected chi connectivity index (χ0v) is 12.5. The standard InChI is InChI=1S/C16H20N4O2/c1-2-3-8-16(19-20-16)9-11-18-15(21)7-5-12-22-14-6-4-10-17-13-14/h1,4,6,10,13H,3,5,7-9,11-12H2,(H,18,21). The van der Waals surface area contributed by atoms with Gasteiger partial charge in [-0.3, -0.25) is 9.78 Å². The van der Waals surface area contributed by atoms with E-state index in [0.29, 0.717) is 38.8 Å². The van der Waals surface area contributed by atoms with Gasteiger partial charge in [0, 0.05) is 38.4 Å². The zero-order valence-electron chi connectivity index (χ0n) is 12.5. The molecule has 0 aliphatic carbocycles. The molecule has 6 heteroatoms. The quantitative estimate of drug-likeness (QED) is 0.532. The molecule has 116 valence electrons. The SMILES string of the molecule is C#CCCC1(CCNC(=O)CCCOc2cccnc2)N=N1. The molecule has 1 aliphatic heterocycles. The molecular formula is C16H20N4O2. The second-order valence-corrected chi connectivity index (χ2v) is 5.13. The first-order valence-electron chi connectivity index (χ1n) is 7.41. The highest BCUT2D eigenvalue weighted by atomic mass is 16.5. The highest BCUT2D eigenvalue weighted by Gasteiger charge is 2.38. The molecule has 0 fully saturated rings. The molecule has 0 saturated heterocycles. The molecule has 22 heavy (non-hydrogen) atoms. The van der Waals surface area contributed by atoms with Crippen LogP contribution in [0.15, 0.2) is 34.8 Å². The van der Waals surface area contributed by atoms with Gasteiger partial charge in [-0.25, -0.2) is 0 Å². The van der Waals surface area contributed by atoms with Crippen molar-refractivity contribution in [1.29, 1.82) is 0 Å². The van der Waals surface area contributed by atoms with Crippen molar-refractivity contribution in [3.63, 3.8) is 0 Å². The number of rotatable bonds is 10. The van der Waals surface area contributed by atoms with Crippen molar-refractivity contribution in [3.8, 4) is 18.1 Å². The summed E-state index contributed by atoms with van der Waals surface area (Å²) in [5.74, 6) is 3.32. The summed E-state index contributed by atoms with van der Waals surface area (Å²) >= 11 is 0. The fraction of sp³-hybridized carbons (Fsp3) is 0.500. The third-order valence-electron chi connectivity index (χ3n) is 3.35. The Balaban J connectivity index is 1.51. The first-order chi connectivity index (χ1) is 10.7. The summed E-state index contributed by atoms with van der Waals surface area (Å²) in [6.45, 7) is 1.07. The molecule has 0 atom stereocenters. The predicted molar refractivity (Wildman–Crippen MR) is 82.2 cm³/mol. The second kappa shape index (κ2) is 8.13. The number of nitrogens with zero attached hydrogens (tertiary/aromatic N) is 3. The summed E-state index contributed by atoms with van der Waals surface area (Å²) in [6.07, 6.45) is 11.8. The number of ether oxygens (including phenoxy) is 1. The average Bonchev–Trinajstić information content (AvgIpc) is 3.31. The van der Waals surface area contributed by atoms with Gasteiger partial charge in [0.2, 0.25) is 5.91 Å². The smallest absolute Gasteiger partial charge is 0.220 e. The molecule has 0 radical (unpaired) electrons. The Hall–Kier alpha value is -2.42. The number of hydrogen-bond acceptors (Lipinski definition) is 5. The predicted octanol–water partition coefficient (Wildman–Crippen LogP) is 2.32. The molecule has 0 bridgehead atoms. The van der Waals surface area contributed by atoms with Crippen molar-refractivity contribution in [3.05, 3.63) is 24.5 Å². The molecule has 0 spiro atoms. The lowest BCUT2D eigenvalue weighted by atomic mass is 10.0. The van der Waals surface area contributed by atoms with Crippen LogP contribution in [0.25, 0.3) is 0 Å². The van der Waals surface area contributed by atoms with Crippen LogP contribution >= 0.6 is 0 Å². The largest absolute Gasteiger partial charge is 0.492 e. The van der Waals surface area contributed by atoms with E-state index in [2.05, 4.69) is 26.4 Å². The van der Waals surface area contributed by atoms with Crippen LogP contribution in [-0.2, 0) is 4.79 Å². The van der Waals surface area contributed by atoms with Gasteiger partial charge in [-0.2, -0.15) is 10.2 Å². The Bertz CT molecular complexity index is 545. The number of nitrogens with one attached hydrogen (secondary N) is 1. The van der Waals surface area contributed by atoms with Gasteiger partial charge in [0.05, 0.1) is 12.8 Å². The van der Waals surface area contributed by atoms with E-state index in [4.69, 9.17) is 11.2 Å². The minimum atomic E-state index is -0.330. The zero-order chi connectivity index (χ0) is 15.7. The number of carbonyl (C=O) groups is 1. The minimum absolute atomic E-state index is 0.0162. The van der Waals surface area contributed by atoms with Gasteiger partial charge in [-0.05, 0) is 18.6 Å². The van der Waals surface area contributed by atoms with Crippen LogP contribution in [0.2, 0.25) is 0 Å². The lowest BCUT2D eigenvalue weighted by Gasteiger charge is -2.10. The summed E-state index contributed by atoms with van der Waals surface area (Å²) in [5.41, 5.74) is -0.330. The Morgan fingerprint density at radius 3 is 2.95 bits per heavy atom. The van der Waals surface area contributed by atoms with E-state index in [0.717, 1.165) is 12.2 Å². The maximum absolute atomic E-state index is 11.7. The van der Waals surface area contributed by atoms with E-state index in [9.17, 15) is 4.79 Å². The lowest BCUT2D eigenvalue weighted by Crippen LogP contribution is -2.28. The Morgan fingerprint density at radius 2 is 2.27 bits per heavy atom. The Labute approximate surface area is 130 Å². The van der Waals surface area contributed by atoms with E-state index >= 15 is 0 Å². The van der Waals surface area contributed by atoms with Crippen LogP contribution in [-0.4, -0.2) is 29.7 Å². The maximum atomic E-state index is 11.7. The Morgan fingerprint density at radius 1 is 1.41 bits per heavy atom. The maximum Gasteiger partial charge on any atom is 0.220 e. The molecule has 2 heterocycles. The molecule has 1 aromatic heterocycles. The van der Waals surface area contributed by atoms with Crippen molar-refractivity contribution in [2.45, 2.75) is 37.8 Å². The van der Waals surface area contributed by atoms with Gasteiger partial charge in [0.25, 0.3) is 0 Å². The van der Waals surface area contributed by atoms with Gasteiger partial charge in [0.1, 0.15) is 5.75 Å². The summed E-state index contributed by atoms with van der Waals surface area (Å²) in [6, 6.07) is 3.65. The summed E-state index contributed by atoms with van der Waals surface area (Å²) in [7, 11) is 0. The van der Waals surface area contributed by atoms with E-state index in [-0.39, 0.29) is 11.6 Å². The molecule has 0 unspecified atom stereocenters. The fourth-order valence-corrected chi connectivity index (χ4v) is 2.01. The normalized spacial score (nSPS) is 14.1. The third-order valence-corrected chi connectivity index (χ3v) is 3.35. The van der Waals surface area contributed by atoms with E-state index in [1.54, 1.807) is 12.4 Å². The van der Waals surface area contributed by atoms with Crippen molar-refractivity contribution in [1.82, 2.24) is 10.3 Å². The van der Waals surface area contributed by atoms with E-state index in [1.807, 2.05) is 12.1 Å². The third kappa shape index (κ3) is 5.52. The molecule has 0 aromatic carbocycles. The van der Waals surface area contributed by atoms with Crippen LogP contribution in [0.5, 0.6) is 5.75 Å². The molecule has 1 aliphatic rings. The van der Waals surface area contributed by atoms with Crippen LogP contribution in [0.3, 0.4) is 0 Å². The summed E-state index contributed by atoms with van der Waals surface area (Å²) in [4.78, 5) is 15.7. The number of hydrogen-bond donors (Lipinski definition) is 1. The molecule has 0 saturated carbocycles. The molecule has 1 amide bonds. The Kier molecular flexibility index (Phi) is 5.90. The monoisotopic (exact) mass is 300 g/mol. The molecule has 2 rings (SSSR count). The van der Waals surface area contributed by atoms with Crippen LogP contribution in [0, 0.1) is 12.3 Å². The summed E-state index contributed by atoms with van der Waals surface area (Å²) in [5, 5.41) is 10.9. The number of amides is 1. The highest BCUT2D eigenvalue weighted by Crippen LogP contribution is 2.35. The van der Waals surface area contributed by atoms with Crippen molar-refractivity contribution < 1.29 is 9.53 Å². The minimum Gasteiger partial charge on any atom is -0.492 e. The van der Waals surface area contributed by atoms with Crippen molar-refractivity contribution in [2.24, 2.45) is 10.2 Å².